The molecule has 1 aromatic rings. The van der Waals surface area contributed by atoms with Gasteiger partial charge in [0.25, 0.3) is 0 Å². The van der Waals surface area contributed by atoms with E-state index in [0.29, 0.717) is 6.04 Å². The lowest BCUT2D eigenvalue weighted by molar-refractivity contribution is 0.344. The van der Waals surface area contributed by atoms with Gasteiger partial charge in [-0.25, -0.2) is 0 Å². The molecule has 1 fully saturated rings. The van der Waals surface area contributed by atoms with Crippen molar-refractivity contribution in [2.45, 2.75) is 45.2 Å². The first kappa shape index (κ1) is 14.2. The van der Waals surface area contributed by atoms with E-state index in [1.807, 2.05) is 12.1 Å². The second-order valence-corrected chi connectivity index (χ2v) is 5.37. The minimum Gasteiger partial charge on any atom is -0.493 e. The summed E-state index contributed by atoms with van der Waals surface area (Å²) in [5.41, 5.74) is 1.16. The van der Waals surface area contributed by atoms with E-state index in [-0.39, 0.29) is 0 Å². The van der Waals surface area contributed by atoms with Crippen LogP contribution < -0.4 is 14.8 Å². The average Bonchev–Trinajstić information content (AvgIpc) is 2.98. The van der Waals surface area contributed by atoms with E-state index in [0.717, 1.165) is 29.5 Å². The largest absolute Gasteiger partial charge is 0.493 e. The van der Waals surface area contributed by atoms with Crippen molar-refractivity contribution in [1.29, 1.82) is 0 Å². The minimum atomic E-state index is 0.568. The van der Waals surface area contributed by atoms with E-state index in [1.54, 1.807) is 14.2 Å². The molecule has 106 valence electrons. The summed E-state index contributed by atoms with van der Waals surface area (Å²) in [6.45, 7) is 3.13. The summed E-state index contributed by atoms with van der Waals surface area (Å²) in [4.78, 5) is 0. The first-order valence-corrected chi connectivity index (χ1v) is 7.19. The predicted octanol–water partition coefficient (Wildman–Crippen LogP) is 3.37. The van der Waals surface area contributed by atoms with Crippen molar-refractivity contribution in [1.82, 2.24) is 5.32 Å². The molecule has 19 heavy (non-hydrogen) atoms. The Kier molecular flexibility index (Phi) is 5.08. The Bertz CT molecular complexity index is 400. The van der Waals surface area contributed by atoms with E-state index in [9.17, 15) is 0 Å². The molecule has 3 nitrogen and oxygen atoms in total. The summed E-state index contributed by atoms with van der Waals surface area (Å²) < 4.78 is 10.8. The average molecular weight is 263 g/mol. The summed E-state index contributed by atoms with van der Waals surface area (Å²) in [6, 6.07) is 6.61. The van der Waals surface area contributed by atoms with Gasteiger partial charge in [0.05, 0.1) is 14.2 Å². The van der Waals surface area contributed by atoms with Crippen LogP contribution in [0.4, 0.5) is 0 Å². The Morgan fingerprint density at radius 1 is 1.21 bits per heavy atom. The van der Waals surface area contributed by atoms with Gasteiger partial charge < -0.3 is 14.8 Å². The second-order valence-electron chi connectivity index (χ2n) is 5.37. The van der Waals surface area contributed by atoms with Crippen LogP contribution in [0.15, 0.2) is 18.2 Å². The van der Waals surface area contributed by atoms with Crippen LogP contribution in [0, 0.1) is 5.92 Å². The quantitative estimate of drug-likeness (QED) is 0.853. The Morgan fingerprint density at radius 3 is 2.58 bits per heavy atom. The van der Waals surface area contributed by atoms with Gasteiger partial charge in [0.2, 0.25) is 0 Å². The van der Waals surface area contributed by atoms with Crippen molar-refractivity contribution in [3.05, 3.63) is 23.8 Å². The Morgan fingerprint density at radius 2 is 1.95 bits per heavy atom. The third kappa shape index (κ3) is 3.41. The normalized spacial score (nSPS) is 17.4. The smallest absolute Gasteiger partial charge is 0.165 e. The molecule has 3 heteroatoms. The Labute approximate surface area is 116 Å². The highest BCUT2D eigenvalue weighted by Crippen LogP contribution is 2.31. The number of benzene rings is 1. The SMILES string of the molecule is COc1cccc(CNC(C)C2CCCC2)c1OC. The molecule has 1 aromatic carbocycles. The molecule has 1 saturated carbocycles. The highest BCUT2D eigenvalue weighted by Gasteiger charge is 2.21. The highest BCUT2D eigenvalue weighted by molar-refractivity contribution is 5.46. The molecule has 1 aliphatic rings. The fraction of sp³-hybridized carbons (Fsp3) is 0.625. The molecule has 0 spiro atoms. The third-order valence-electron chi connectivity index (χ3n) is 4.21. The monoisotopic (exact) mass is 263 g/mol. The lowest BCUT2D eigenvalue weighted by Gasteiger charge is -2.21. The molecule has 0 amide bonds. The van der Waals surface area contributed by atoms with Gasteiger partial charge in [0.15, 0.2) is 11.5 Å². The van der Waals surface area contributed by atoms with E-state index >= 15 is 0 Å². The molecular formula is C16H25NO2. The van der Waals surface area contributed by atoms with Gasteiger partial charge in [-0.15, -0.1) is 0 Å². The van der Waals surface area contributed by atoms with Crippen LogP contribution in [0.3, 0.4) is 0 Å². The van der Waals surface area contributed by atoms with Crippen LogP contribution in [-0.4, -0.2) is 20.3 Å². The molecule has 1 N–H and O–H groups in total. The maximum Gasteiger partial charge on any atom is 0.165 e. The van der Waals surface area contributed by atoms with E-state index < -0.39 is 0 Å². The number of nitrogens with one attached hydrogen (secondary N) is 1. The molecule has 1 unspecified atom stereocenters. The molecular weight excluding hydrogens is 238 g/mol. The van der Waals surface area contributed by atoms with Gasteiger partial charge in [-0.3, -0.25) is 0 Å². The van der Waals surface area contributed by atoms with Crippen molar-refractivity contribution in [2.24, 2.45) is 5.92 Å². The van der Waals surface area contributed by atoms with Crippen LogP contribution in [0.25, 0.3) is 0 Å². The number of rotatable bonds is 6. The van der Waals surface area contributed by atoms with Gasteiger partial charge in [-0.1, -0.05) is 25.0 Å². The molecule has 1 atom stereocenters. The zero-order chi connectivity index (χ0) is 13.7. The van der Waals surface area contributed by atoms with Gasteiger partial charge in [-0.05, 0) is 31.7 Å². The second kappa shape index (κ2) is 6.80. The number of hydrogen-bond donors (Lipinski definition) is 1. The third-order valence-corrected chi connectivity index (χ3v) is 4.21. The number of para-hydroxylation sites is 1. The summed E-state index contributed by atoms with van der Waals surface area (Å²) in [7, 11) is 3.37. The summed E-state index contributed by atoms with van der Waals surface area (Å²) in [5, 5.41) is 3.63. The van der Waals surface area contributed by atoms with Crippen LogP contribution in [0.2, 0.25) is 0 Å². The van der Waals surface area contributed by atoms with Crippen molar-refractivity contribution in [3.8, 4) is 11.5 Å². The number of ether oxygens (including phenoxy) is 2. The van der Waals surface area contributed by atoms with Crippen LogP contribution >= 0.6 is 0 Å². The maximum atomic E-state index is 5.46. The minimum absolute atomic E-state index is 0.568. The lowest BCUT2D eigenvalue weighted by Crippen LogP contribution is -2.31. The number of methoxy groups -OCH3 is 2. The fourth-order valence-electron chi connectivity index (χ4n) is 2.99. The first-order chi connectivity index (χ1) is 9.26. The van der Waals surface area contributed by atoms with Gasteiger partial charge in [0, 0.05) is 18.2 Å². The Balaban J connectivity index is 1.98. The van der Waals surface area contributed by atoms with Crippen LogP contribution in [-0.2, 0) is 6.54 Å². The summed E-state index contributed by atoms with van der Waals surface area (Å²) in [6.07, 6.45) is 5.51. The maximum absolute atomic E-state index is 5.46. The summed E-state index contributed by atoms with van der Waals surface area (Å²) in [5.74, 6) is 2.48. The lowest BCUT2D eigenvalue weighted by atomic mass is 9.99. The van der Waals surface area contributed by atoms with Gasteiger partial charge >= 0.3 is 0 Å². The van der Waals surface area contributed by atoms with Gasteiger partial charge in [-0.2, -0.15) is 0 Å². The zero-order valence-electron chi connectivity index (χ0n) is 12.2. The van der Waals surface area contributed by atoms with Crippen molar-refractivity contribution >= 4 is 0 Å². The zero-order valence-corrected chi connectivity index (χ0v) is 12.2. The Hall–Kier alpha value is -1.22. The predicted molar refractivity (Wildman–Crippen MR) is 77.8 cm³/mol. The molecule has 0 saturated heterocycles. The molecule has 0 aromatic heterocycles. The molecule has 0 bridgehead atoms. The van der Waals surface area contributed by atoms with Crippen LogP contribution in [0.5, 0.6) is 11.5 Å². The number of hydrogen-bond acceptors (Lipinski definition) is 3. The molecule has 2 rings (SSSR count). The fourth-order valence-corrected chi connectivity index (χ4v) is 2.99. The van der Waals surface area contributed by atoms with E-state index in [1.165, 1.54) is 25.7 Å². The van der Waals surface area contributed by atoms with Crippen molar-refractivity contribution in [3.63, 3.8) is 0 Å². The van der Waals surface area contributed by atoms with E-state index in [2.05, 4.69) is 18.3 Å². The molecule has 0 heterocycles. The topological polar surface area (TPSA) is 30.5 Å². The van der Waals surface area contributed by atoms with Crippen molar-refractivity contribution in [2.75, 3.05) is 14.2 Å². The van der Waals surface area contributed by atoms with E-state index in [4.69, 9.17) is 9.47 Å². The first-order valence-electron chi connectivity index (χ1n) is 7.19. The van der Waals surface area contributed by atoms with Crippen LogP contribution in [0.1, 0.15) is 38.2 Å². The standard InChI is InChI=1S/C16H25NO2/c1-12(13-7-4-5-8-13)17-11-14-9-6-10-15(18-2)16(14)19-3/h6,9-10,12-13,17H,4-5,7-8,11H2,1-3H3. The summed E-state index contributed by atoms with van der Waals surface area (Å²) >= 11 is 0. The molecule has 0 aliphatic heterocycles. The van der Waals surface area contributed by atoms with Gasteiger partial charge in [0.1, 0.15) is 0 Å². The highest BCUT2D eigenvalue weighted by atomic mass is 16.5. The van der Waals surface area contributed by atoms with Crippen molar-refractivity contribution < 1.29 is 9.47 Å². The molecule has 1 aliphatic carbocycles. The molecule has 0 radical (unpaired) electrons.